The number of nitrogens with zero attached hydrogens (tertiary/aromatic N) is 1. The van der Waals surface area contributed by atoms with Crippen LogP contribution in [0.1, 0.15) is 12.8 Å². The van der Waals surface area contributed by atoms with Gasteiger partial charge in [0.25, 0.3) is 10.1 Å². The molecule has 1 aliphatic heterocycles. The number of amides is 1. The Bertz CT molecular complexity index is 613. The first kappa shape index (κ1) is 16.6. The maximum absolute atomic E-state index is 11.9. The lowest BCUT2D eigenvalue weighted by Gasteiger charge is -2.13. The quantitative estimate of drug-likeness (QED) is 0.560. The van der Waals surface area contributed by atoms with Crippen molar-refractivity contribution >= 4 is 21.9 Å². The van der Waals surface area contributed by atoms with Crippen LogP contribution >= 0.6 is 0 Å². The zero-order valence-electron chi connectivity index (χ0n) is 12.5. The van der Waals surface area contributed by atoms with Crippen LogP contribution in [-0.4, -0.2) is 47.1 Å². The van der Waals surface area contributed by atoms with E-state index in [2.05, 4.69) is 4.18 Å². The standard InChI is InChI=1S/C14H19NO6S/c1-19-12-7-5-11(6-8-12)15-10-13(21-14(15)16)4-3-9-20-22(2,17)18/h5-8,13H,3-4,9-10H2,1-2H3. The van der Waals surface area contributed by atoms with Crippen molar-refractivity contribution in [2.45, 2.75) is 18.9 Å². The summed E-state index contributed by atoms with van der Waals surface area (Å²) in [6, 6.07) is 7.12. The number of anilines is 1. The zero-order valence-corrected chi connectivity index (χ0v) is 13.3. The average Bonchev–Trinajstić information content (AvgIpc) is 2.84. The summed E-state index contributed by atoms with van der Waals surface area (Å²) >= 11 is 0. The number of rotatable bonds is 7. The third-order valence-electron chi connectivity index (χ3n) is 3.23. The molecule has 7 nitrogen and oxygen atoms in total. The first-order valence-electron chi connectivity index (χ1n) is 6.85. The second-order valence-corrected chi connectivity index (χ2v) is 6.63. The lowest BCUT2D eigenvalue weighted by molar-refractivity contribution is 0.132. The summed E-state index contributed by atoms with van der Waals surface area (Å²) < 4.78 is 36.7. The van der Waals surface area contributed by atoms with Crippen molar-refractivity contribution in [3.63, 3.8) is 0 Å². The molecule has 2 rings (SSSR count). The molecule has 8 heteroatoms. The molecule has 1 unspecified atom stereocenters. The van der Waals surface area contributed by atoms with Crippen LogP contribution in [0.2, 0.25) is 0 Å². The molecule has 1 amide bonds. The van der Waals surface area contributed by atoms with Crippen molar-refractivity contribution in [3.8, 4) is 5.75 Å². The highest BCUT2D eigenvalue weighted by molar-refractivity contribution is 7.85. The SMILES string of the molecule is COc1ccc(N2CC(CCCOS(C)(=O)=O)OC2=O)cc1. The van der Waals surface area contributed by atoms with Crippen molar-refractivity contribution in [3.05, 3.63) is 24.3 Å². The van der Waals surface area contributed by atoms with Crippen LogP contribution < -0.4 is 9.64 Å². The van der Waals surface area contributed by atoms with E-state index in [4.69, 9.17) is 9.47 Å². The van der Waals surface area contributed by atoms with Gasteiger partial charge in [0, 0.05) is 5.69 Å². The Balaban J connectivity index is 1.85. The van der Waals surface area contributed by atoms with E-state index >= 15 is 0 Å². The lowest BCUT2D eigenvalue weighted by atomic mass is 10.2. The van der Waals surface area contributed by atoms with E-state index in [-0.39, 0.29) is 12.7 Å². The fourth-order valence-electron chi connectivity index (χ4n) is 2.17. The molecule has 1 aromatic carbocycles. The predicted octanol–water partition coefficient (Wildman–Crippen LogP) is 1.78. The van der Waals surface area contributed by atoms with E-state index in [1.54, 1.807) is 36.3 Å². The number of carbonyl (C=O) groups is 1. The van der Waals surface area contributed by atoms with Gasteiger partial charge in [-0.25, -0.2) is 4.79 Å². The molecule has 1 fully saturated rings. The fraction of sp³-hybridized carbons (Fsp3) is 0.500. The normalized spacial score (nSPS) is 18.4. The summed E-state index contributed by atoms with van der Waals surface area (Å²) in [5.74, 6) is 0.714. The highest BCUT2D eigenvalue weighted by atomic mass is 32.2. The van der Waals surface area contributed by atoms with E-state index in [9.17, 15) is 13.2 Å². The van der Waals surface area contributed by atoms with Crippen molar-refractivity contribution in [1.82, 2.24) is 0 Å². The van der Waals surface area contributed by atoms with Crippen LogP contribution in [0.3, 0.4) is 0 Å². The van der Waals surface area contributed by atoms with Gasteiger partial charge in [-0.15, -0.1) is 0 Å². The summed E-state index contributed by atoms with van der Waals surface area (Å²) in [7, 11) is -1.84. The molecule has 0 N–H and O–H groups in total. The van der Waals surface area contributed by atoms with E-state index in [0.29, 0.717) is 25.1 Å². The van der Waals surface area contributed by atoms with Gasteiger partial charge in [-0.1, -0.05) is 0 Å². The maximum Gasteiger partial charge on any atom is 0.414 e. The number of carbonyl (C=O) groups excluding carboxylic acids is 1. The predicted molar refractivity (Wildman–Crippen MR) is 80.6 cm³/mol. The Morgan fingerprint density at radius 3 is 2.59 bits per heavy atom. The molecular weight excluding hydrogens is 310 g/mol. The summed E-state index contributed by atoms with van der Waals surface area (Å²) in [6.07, 6.45) is 1.39. The number of benzene rings is 1. The third kappa shape index (κ3) is 4.60. The Morgan fingerprint density at radius 1 is 1.32 bits per heavy atom. The molecule has 0 saturated carbocycles. The van der Waals surface area contributed by atoms with E-state index in [0.717, 1.165) is 11.9 Å². The Hall–Kier alpha value is -1.80. The van der Waals surface area contributed by atoms with E-state index in [1.165, 1.54) is 0 Å². The lowest BCUT2D eigenvalue weighted by Crippen LogP contribution is -2.24. The second-order valence-electron chi connectivity index (χ2n) is 4.98. The minimum atomic E-state index is -3.42. The summed E-state index contributed by atoms with van der Waals surface area (Å²) in [5.41, 5.74) is 0.737. The summed E-state index contributed by atoms with van der Waals surface area (Å²) in [5, 5.41) is 0. The van der Waals surface area contributed by atoms with E-state index < -0.39 is 16.2 Å². The summed E-state index contributed by atoms with van der Waals surface area (Å²) in [4.78, 5) is 13.4. The van der Waals surface area contributed by atoms with Crippen molar-refractivity contribution in [1.29, 1.82) is 0 Å². The average molecular weight is 329 g/mol. The molecule has 22 heavy (non-hydrogen) atoms. The van der Waals surface area contributed by atoms with Gasteiger partial charge < -0.3 is 9.47 Å². The number of cyclic esters (lactones) is 1. The van der Waals surface area contributed by atoms with Gasteiger partial charge in [-0.05, 0) is 37.1 Å². The van der Waals surface area contributed by atoms with Crippen LogP contribution in [0, 0.1) is 0 Å². The molecule has 1 aromatic rings. The number of hydrogen-bond acceptors (Lipinski definition) is 6. The number of methoxy groups -OCH3 is 1. The fourth-order valence-corrected chi connectivity index (χ4v) is 2.59. The molecule has 122 valence electrons. The number of ether oxygens (including phenoxy) is 2. The largest absolute Gasteiger partial charge is 0.497 e. The molecule has 0 aliphatic carbocycles. The molecule has 0 bridgehead atoms. The number of hydrogen-bond donors (Lipinski definition) is 0. The Labute approximate surface area is 129 Å². The van der Waals surface area contributed by atoms with Crippen LogP contribution in [0.5, 0.6) is 5.75 Å². The van der Waals surface area contributed by atoms with Crippen LogP contribution in [0.25, 0.3) is 0 Å². The van der Waals surface area contributed by atoms with Crippen LogP contribution in [0.15, 0.2) is 24.3 Å². The molecule has 0 aromatic heterocycles. The molecular formula is C14H19NO6S. The molecule has 1 aliphatic rings. The zero-order chi connectivity index (χ0) is 16.2. The minimum absolute atomic E-state index is 0.0927. The summed E-state index contributed by atoms with van der Waals surface area (Å²) in [6.45, 7) is 0.527. The van der Waals surface area contributed by atoms with Gasteiger partial charge in [0.05, 0.1) is 26.5 Å². The molecule has 0 radical (unpaired) electrons. The minimum Gasteiger partial charge on any atom is -0.497 e. The van der Waals surface area contributed by atoms with Gasteiger partial charge >= 0.3 is 6.09 Å². The van der Waals surface area contributed by atoms with Crippen LogP contribution in [0.4, 0.5) is 10.5 Å². The van der Waals surface area contributed by atoms with Gasteiger partial charge in [0.2, 0.25) is 0 Å². The maximum atomic E-state index is 11.9. The van der Waals surface area contributed by atoms with Gasteiger partial charge in [-0.3, -0.25) is 9.08 Å². The first-order chi connectivity index (χ1) is 10.4. The molecule has 0 spiro atoms. The van der Waals surface area contributed by atoms with Gasteiger partial charge in [0.1, 0.15) is 11.9 Å². The van der Waals surface area contributed by atoms with Gasteiger partial charge in [-0.2, -0.15) is 8.42 Å². The highest BCUT2D eigenvalue weighted by Crippen LogP contribution is 2.25. The second kappa shape index (κ2) is 6.97. The highest BCUT2D eigenvalue weighted by Gasteiger charge is 2.31. The topological polar surface area (TPSA) is 82.1 Å². The third-order valence-corrected chi connectivity index (χ3v) is 3.82. The monoisotopic (exact) mass is 329 g/mol. The molecule has 1 heterocycles. The molecule has 1 saturated heterocycles. The smallest absolute Gasteiger partial charge is 0.414 e. The first-order valence-corrected chi connectivity index (χ1v) is 8.67. The van der Waals surface area contributed by atoms with Crippen molar-refractivity contribution in [2.24, 2.45) is 0 Å². The Kier molecular flexibility index (Phi) is 5.25. The Morgan fingerprint density at radius 2 is 2.00 bits per heavy atom. The van der Waals surface area contributed by atoms with Gasteiger partial charge in [0.15, 0.2) is 0 Å². The van der Waals surface area contributed by atoms with Crippen molar-refractivity contribution < 1.29 is 26.9 Å². The van der Waals surface area contributed by atoms with E-state index in [1.807, 2.05) is 0 Å². The van der Waals surface area contributed by atoms with Crippen molar-refractivity contribution in [2.75, 3.05) is 31.4 Å². The van der Waals surface area contributed by atoms with Crippen LogP contribution in [-0.2, 0) is 19.0 Å². The molecule has 1 atom stereocenters.